The fourth-order valence-corrected chi connectivity index (χ4v) is 3.08. The van der Waals surface area contributed by atoms with Crippen molar-refractivity contribution in [2.24, 2.45) is 5.41 Å². The van der Waals surface area contributed by atoms with Gasteiger partial charge in [0.05, 0.1) is 6.61 Å². The van der Waals surface area contributed by atoms with Crippen LogP contribution in [0.25, 0.3) is 0 Å². The van der Waals surface area contributed by atoms with E-state index in [2.05, 4.69) is 26.1 Å². The fraction of sp³-hybridized carbons (Fsp3) is 0.667. The summed E-state index contributed by atoms with van der Waals surface area (Å²) in [4.78, 5) is 0. The van der Waals surface area contributed by atoms with E-state index in [4.69, 9.17) is 9.47 Å². The zero-order valence-corrected chi connectivity index (χ0v) is 13.8. The van der Waals surface area contributed by atoms with Crippen molar-refractivity contribution < 1.29 is 9.47 Å². The van der Waals surface area contributed by atoms with Crippen molar-refractivity contribution in [1.29, 1.82) is 0 Å². The van der Waals surface area contributed by atoms with Gasteiger partial charge in [-0.2, -0.15) is 0 Å². The summed E-state index contributed by atoms with van der Waals surface area (Å²) in [6, 6.07) is 8.55. The SMILES string of the molecule is CCCNC1CC(Oc2cccc(OCC)c2)C1(C)CC. The number of hydrogen-bond donors (Lipinski definition) is 1. The van der Waals surface area contributed by atoms with Gasteiger partial charge in [0.25, 0.3) is 0 Å². The molecule has 0 amide bonds. The molecule has 21 heavy (non-hydrogen) atoms. The van der Waals surface area contributed by atoms with Gasteiger partial charge in [-0.3, -0.25) is 0 Å². The first-order valence-electron chi connectivity index (χ1n) is 8.26. The van der Waals surface area contributed by atoms with E-state index in [-0.39, 0.29) is 11.5 Å². The van der Waals surface area contributed by atoms with Gasteiger partial charge in [0.2, 0.25) is 0 Å². The van der Waals surface area contributed by atoms with Gasteiger partial charge in [0.15, 0.2) is 0 Å². The largest absolute Gasteiger partial charge is 0.494 e. The molecule has 0 radical (unpaired) electrons. The van der Waals surface area contributed by atoms with E-state index in [0.717, 1.165) is 30.9 Å². The molecule has 3 atom stereocenters. The molecule has 1 aromatic rings. The molecule has 118 valence electrons. The quantitative estimate of drug-likeness (QED) is 0.784. The minimum atomic E-state index is 0.219. The number of rotatable bonds is 8. The Kier molecular flexibility index (Phi) is 5.51. The molecule has 1 aliphatic carbocycles. The second-order valence-electron chi connectivity index (χ2n) is 6.12. The first kappa shape index (κ1) is 16.2. The maximum absolute atomic E-state index is 6.23. The molecular weight excluding hydrogens is 262 g/mol. The van der Waals surface area contributed by atoms with Gasteiger partial charge in [0, 0.05) is 23.9 Å². The van der Waals surface area contributed by atoms with E-state index >= 15 is 0 Å². The van der Waals surface area contributed by atoms with Gasteiger partial charge in [0.1, 0.15) is 17.6 Å². The third-order valence-electron chi connectivity index (χ3n) is 4.78. The number of benzene rings is 1. The Morgan fingerprint density at radius 1 is 1.24 bits per heavy atom. The Balaban J connectivity index is 1.98. The van der Waals surface area contributed by atoms with Crippen LogP contribution in [0, 0.1) is 5.41 Å². The van der Waals surface area contributed by atoms with Crippen molar-refractivity contribution in [1.82, 2.24) is 5.32 Å². The molecule has 3 heteroatoms. The van der Waals surface area contributed by atoms with Gasteiger partial charge >= 0.3 is 0 Å². The summed E-state index contributed by atoms with van der Waals surface area (Å²) in [7, 11) is 0. The minimum Gasteiger partial charge on any atom is -0.494 e. The van der Waals surface area contributed by atoms with Crippen LogP contribution in [0.15, 0.2) is 24.3 Å². The fourth-order valence-electron chi connectivity index (χ4n) is 3.08. The Hall–Kier alpha value is -1.22. The van der Waals surface area contributed by atoms with Gasteiger partial charge in [-0.15, -0.1) is 0 Å². The normalized spacial score (nSPS) is 28.0. The maximum Gasteiger partial charge on any atom is 0.123 e. The van der Waals surface area contributed by atoms with Crippen LogP contribution in [0.5, 0.6) is 11.5 Å². The number of nitrogens with one attached hydrogen (secondary N) is 1. The summed E-state index contributed by atoms with van der Waals surface area (Å²) in [5, 5.41) is 3.65. The lowest BCUT2D eigenvalue weighted by atomic mass is 9.61. The highest BCUT2D eigenvalue weighted by Crippen LogP contribution is 2.46. The van der Waals surface area contributed by atoms with Crippen LogP contribution < -0.4 is 14.8 Å². The second-order valence-corrected chi connectivity index (χ2v) is 6.12. The van der Waals surface area contributed by atoms with Gasteiger partial charge < -0.3 is 14.8 Å². The second kappa shape index (κ2) is 7.17. The average molecular weight is 291 g/mol. The van der Waals surface area contributed by atoms with Gasteiger partial charge in [-0.05, 0) is 38.4 Å². The monoisotopic (exact) mass is 291 g/mol. The summed E-state index contributed by atoms with van der Waals surface area (Å²) >= 11 is 0. The zero-order chi connectivity index (χ0) is 15.3. The predicted octanol–water partition coefficient (Wildman–Crippen LogP) is 4.02. The lowest BCUT2D eigenvalue weighted by Gasteiger charge is -2.53. The Morgan fingerprint density at radius 2 is 2.00 bits per heavy atom. The molecule has 0 heterocycles. The lowest BCUT2D eigenvalue weighted by Crippen LogP contribution is -2.63. The van der Waals surface area contributed by atoms with Crippen molar-refractivity contribution in [3.8, 4) is 11.5 Å². The summed E-state index contributed by atoms with van der Waals surface area (Å²) in [5.74, 6) is 1.80. The van der Waals surface area contributed by atoms with Crippen LogP contribution in [-0.2, 0) is 0 Å². The molecule has 0 aromatic heterocycles. The van der Waals surface area contributed by atoms with Crippen molar-refractivity contribution in [2.45, 2.75) is 59.1 Å². The molecule has 1 aromatic carbocycles. The Bertz CT molecular complexity index is 449. The van der Waals surface area contributed by atoms with E-state index < -0.39 is 0 Å². The highest BCUT2D eigenvalue weighted by molar-refractivity contribution is 5.33. The van der Waals surface area contributed by atoms with Crippen molar-refractivity contribution in [2.75, 3.05) is 13.2 Å². The molecule has 1 saturated carbocycles. The molecule has 0 aliphatic heterocycles. The third kappa shape index (κ3) is 3.52. The molecule has 3 nitrogen and oxygen atoms in total. The maximum atomic E-state index is 6.23. The molecule has 3 unspecified atom stereocenters. The van der Waals surface area contributed by atoms with E-state index in [1.807, 2.05) is 31.2 Å². The molecule has 1 aliphatic rings. The van der Waals surface area contributed by atoms with E-state index in [9.17, 15) is 0 Å². The van der Waals surface area contributed by atoms with Crippen LogP contribution in [0.2, 0.25) is 0 Å². The molecule has 0 spiro atoms. The van der Waals surface area contributed by atoms with Crippen molar-refractivity contribution in [3.63, 3.8) is 0 Å². The molecule has 1 N–H and O–H groups in total. The van der Waals surface area contributed by atoms with Gasteiger partial charge in [-0.25, -0.2) is 0 Å². The van der Waals surface area contributed by atoms with E-state index in [0.29, 0.717) is 12.6 Å². The Morgan fingerprint density at radius 3 is 2.67 bits per heavy atom. The molecular formula is C18H29NO2. The summed E-state index contributed by atoms with van der Waals surface area (Å²) in [6.45, 7) is 10.6. The molecule has 2 rings (SSSR count). The van der Waals surface area contributed by atoms with Crippen LogP contribution in [0.1, 0.15) is 47.0 Å². The topological polar surface area (TPSA) is 30.5 Å². The molecule has 0 saturated heterocycles. The number of hydrogen-bond acceptors (Lipinski definition) is 3. The average Bonchev–Trinajstić information content (AvgIpc) is 2.50. The highest BCUT2D eigenvalue weighted by Gasteiger charge is 2.51. The summed E-state index contributed by atoms with van der Waals surface area (Å²) < 4.78 is 11.8. The van der Waals surface area contributed by atoms with Crippen LogP contribution in [0.4, 0.5) is 0 Å². The Labute approximate surface area is 129 Å². The molecule has 0 bridgehead atoms. The van der Waals surface area contributed by atoms with Crippen LogP contribution in [-0.4, -0.2) is 25.3 Å². The standard InChI is InChI=1S/C18H29NO2/c1-5-11-19-16-13-17(18(16,4)6-2)21-15-10-8-9-14(12-15)20-7-3/h8-10,12,16-17,19H,5-7,11,13H2,1-4H3. The first-order valence-corrected chi connectivity index (χ1v) is 8.26. The smallest absolute Gasteiger partial charge is 0.123 e. The third-order valence-corrected chi connectivity index (χ3v) is 4.78. The summed E-state index contributed by atoms with van der Waals surface area (Å²) in [6.07, 6.45) is 3.68. The predicted molar refractivity (Wildman–Crippen MR) is 87.1 cm³/mol. The van der Waals surface area contributed by atoms with E-state index in [1.54, 1.807) is 0 Å². The highest BCUT2D eigenvalue weighted by atomic mass is 16.5. The van der Waals surface area contributed by atoms with Crippen molar-refractivity contribution >= 4 is 0 Å². The van der Waals surface area contributed by atoms with Crippen molar-refractivity contribution in [3.05, 3.63) is 24.3 Å². The molecule has 1 fully saturated rings. The van der Waals surface area contributed by atoms with Gasteiger partial charge in [-0.1, -0.05) is 26.8 Å². The van der Waals surface area contributed by atoms with E-state index in [1.165, 1.54) is 6.42 Å². The minimum absolute atomic E-state index is 0.219. The summed E-state index contributed by atoms with van der Waals surface area (Å²) in [5.41, 5.74) is 0.219. The van der Waals surface area contributed by atoms with Crippen LogP contribution >= 0.6 is 0 Å². The number of ether oxygens (including phenoxy) is 2. The van der Waals surface area contributed by atoms with Crippen LogP contribution in [0.3, 0.4) is 0 Å². The first-order chi connectivity index (χ1) is 10.1. The zero-order valence-electron chi connectivity index (χ0n) is 13.8. The lowest BCUT2D eigenvalue weighted by molar-refractivity contribution is -0.0701.